The monoisotopic (exact) mass is 237 g/mol. The number of nitro benzene ring substituents is 1. The molecule has 0 spiro atoms. The lowest BCUT2D eigenvalue weighted by Gasteiger charge is -2.11. The summed E-state index contributed by atoms with van der Waals surface area (Å²) in [7, 11) is 0. The highest BCUT2D eigenvalue weighted by Gasteiger charge is 2.16. The summed E-state index contributed by atoms with van der Waals surface area (Å²) in [6, 6.07) is 4.19. The summed E-state index contributed by atoms with van der Waals surface area (Å²) in [6.45, 7) is 4.46. The van der Waals surface area contributed by atoms with Crippen LogP contribution in [0.2, 0.25) is 0 Å². The van der Waals surface area contributed by atoms with Gasteiger partial charge in [-0.05, 0) is 18.1 Å². The fraction of sp³-hybridized carbons (Fsp3) is 0.417. The van der Waals surface area contributed by atoms with Crippen molar-refractivity contribution in [3.63, 3.8) is 0 Å². The number of benzene rings is 1. The molecule has 0 aliphatic rings. The molecule has 0 radical (unpaired) electrons. The highest BCUT2D eigenvalue weighted by molar-refractivity contribution is 5.77. The van der Waals surface area contributed by atoms with Crippen LogP contribution in [0.15, 0.2) is 18.2 Å². The summed E-state index contributed by atoms with van der Waals surface area (Å²) in [5.41, 5.74) is 0.102. The summed E-state index contributed by atoms with van der Waals surface area (Å²) in [6.07, 6.45) is 1.52. The van der Waals surface area contributed by atoms with Crippen LogP contribution in [0.5, 0.6) is 5.75 Å². The van der Waals surface area contributed by atoms with Crippen molar-refractivity contribution in [3.05, 3.63) is 33.9 Å². The van der Waals surface area contributed by atoms with Gasteiger partial charge in [0.1, 0.15) is 6.29 Å². The van der Waals surface area contributed by atoms with Gasteiger partial charge in [0, 0.05) is 11.6 Å². The molecule has 0 aliphatic heterocycles. The normalized spacial score (nSPS) is 11.9. The van der Waals surface area contributed by atoms with Crippen LogP contribution in [0, 0.1) is 16.0 Å². The minimum Gasteiger partial charge on any atom is -0.487 e. The number of hydrogen-bond acceptors (Lipinski definition) is 4. The zero-order valence-electron chi connectivity index (χ0n) is 9.88. The minimum atomic E-state index is -0.543. The van der Waals surface area contributed by atoms with E-state index in [0.717, 1.165) is 6.42 Å². The van der Waals surface area contributed by atoms with Gasteiger partial charge >= 0.3 is 5.69 Å². The highest BCUT2D eigenvalue weighted by Crippen LogP contribution is 2.28. The van der Waals surface area contributed by atoms with Crippen LogP contribution < -0.4 is 4.74 Å². The van der Waals surface area contributed by atoms with Crippen LogP contribution in [0.25, 0.3) is 0 Å². The molecule has 0 saturated heterocycles. The van der Waals surface area contributed by atoms with Crippen molar-refractivity contribution in [1.82, 2.24) is 0 Å². The van der Waals surface area contributed by atoms with E-state index in [1.807, 2.05) is 13.8 Å². The van der Waals surface area contributed by atoms with Crippen molar-refractivity contribution in [2.24, 2.45) is 5.92 Å². The average Bonchev–Trinajstić information content (AvgIpc) is 2.35. The molecule has 0 amide bonds. The molecule has 0 fully saturated rings. The van der Waals surface area contributed by atoms with E-state index in [1.165, 1.54) is 18.2 Å². The molecule has 0 bridgehead atoms. The number of carbonyl (C=O) groups excluding carboxylic acids is 1. The number of nitro groups is 1. The number of hydrogen-bond donors (Lipinski definition) is 0. The van der Waals surface area contributed by atoms with Gasteiger partial charge < -0.3 is 4.74 Å². The molecule has 1 aromatic carbocycles. The lowest BCUT2D eigenvalue weighted by molar-refractivity contribution is -0.385. The van der Waals surface area contributed by atoms with Crippen LogP contribution >= 0.6 is 0 Å². The number of rotatable bonds is 6. The molecule has 17 heavy (non-hydrogen) atoms. The van der Waals surface area contributed by atoms with E-state index in [9.17, 15) is 14.9 Å². The Morgan fingerprint density at radius 3 is 2.76 bits per heavy atom. The van der Waals surface area contributed by atoms with Crippen LogP contribution in [-0.2, 0) is 0 Å². The van der Waals surface area contributed by atoms with E-state index >= 15 is 0 Å². The number of aldehydes is 1. The lowest BCUT2D eigenvalue weighted by Crippen LogP contribution is -2.08. The molecule has 92 valence electrons. The van der Waals surface area contributed by atoms with Gasteiger partial charge in [-0.3, -0.25) is 14.9 Å². The number of ether oxygens (including phenoxy) is 1. The predicted molar refractivity (Wildman–Crippen MR) is 63.4 cm³/mol. The molecule has 0 aliphatic carbocycles. The standard InChI is InChI=1S/C12H15NO4/c1-3-9(2)8-17-12-5-4-10(7-14)6-11(12)13(15)16/h4-7,9H,3,8H2,1-2H3. The molecule has 0 aromatic heterocycles. The molecular formula is C12H15NO4. The smallest absolute Gasteiger partial charge is 0.311 e. The maximum Gasteiger partial charge on any atom is 0.311 e. The van der Waals surface area contributed by atoms with Crippen molar-refractivity contribution in [3.8, 4) is 5.75 Å². The maximum absolute atomic E-state index is 10.8. The van der Waals surface area contributed by atoms with Crippen molar-refractivity contribution >= 4 is 12.0 Å². The Kier molecular flexibility index (Phi) is 4.63. The van der Waals surface area contributed by atoms with E-state index in [1.54, 1.807) is 0 Å². The van der Waals surface area contributed by atoms with Gasteiger partial charge in [0.15, 0.2) is 5.75 Å². The second-order valence-corrected chi connectivity index (χ2v) is 3.93. The summed E-state index contributed by atoms with van der Waals surface area (Å²) < 4.78 is 5.39. The molecule has 0 saturated carbocycles. The summed E-state index contributed by atoms with van der Waals surface area (Å²) in [5, 5.41) is 10.8. The van der Waals surface area contributed by atoms with Gasteiger partial charge in [0.05, 0.1) is 11.5 Å². The first kappa shape index (κ1) is 13.2. The van der Waals surface area contributed by atoms with Crippen molar-refractivity contribution < 1.29 is 14.5 Å². The molecule has 1 aromatic rings. The Morgan fingerprint density at radius 2 is 2.24 bits per heavy atom. The van der Waals surface area contributed by atoms with E-state index in [2.05, 4.69) is 0 Å². The van der Waals surface area contributed by atoms with Gasteiger partial charge in [-0.15, -0.1) is 0 Å². The number of carbonyl (C=O) groups is 1. The highest BCUT2D eigenvalue weighted by atomic mass is 16.6. The van der Waals surface area contributed by atoms with Crippen molar-refractivity contribution in [2.75, 3.05) is 6.61 Å². The third kappa shape index (κ3) is 3.55. The molecule has 0 heterocycles. The fourth-order valence-corrected chi connectivity index (χ4v) is 1.22. The number of nitrogens with zero attached hydrogens (tertiary/aromatic N) is 1. The minimum absolute atomic E-state index is 0.169. The second-order valence-electron chi connectivity index (χ2n) is 3.93. The first-order valence-corrected chi connectivity index (χ1v) is 5.44. The topological polar surface area (TPSA) is 69.4 Å². The zero-order chi connectivity index (χ0) is 12.8. The fourth-order valence-electron chi connectivity index (χ4n) is 1.22. The molecule has 1 unspecified atom stereocenters. The van der Waals surface area contributed by atoms with E-state index in [0.29, 0.717) is 18.8 Å². The quantitative estimate of drug-likeness (QED) is 0.433. The van der Waals surface area contributed by atoms with E-state index < -0.39 is 4.92 Å². The largest absolute Gasteiger partial charge is 0.487 e. The van der Waals surface area contributed by atoms with E-state index in [4.69, 9.17) is 4.74 Å². The third-order valence-electron chi connectivity index (χ3n) is 2.54. The van der Waals surface area contributed by atoms with Gasteiger partial charge in [-0.1, -0.05) is 20.3 Å². The van der Waals surface area contributed by atoms with Crippen LogP contribution in [0.1, 0.15) is 30.6 Å². The molecule has 5 nitrogen and oxygen atoms in total. The second kappa shape index (κ2) is 5.98. The van der Waals surface area contributed by atoms with Crippen molar-refractivity contribution in [2.45, 2.75) is 20.3 Å². The van der Waals surface area contributed by atoms with E-state index in [-0.39, 0.29) is 17.0 Å². The Morgan fingerprint density at radius 1 is 1.53 bits per heavy atom. The van der Waals surface area contributed by atoms with Crippen LogP contribution in [-0.4, -0.2) is 17.8 Å². The summed E-state index contributed by atoms with van der Waals surface area (Å²) in [4.78, 5) is 20.8. The van der Waals surface area contributed by atoms with Crippen LogP contribution in [0.4, 0.5) is 5.69 Å². The zero-order valence-corrected chi connectivity index (χ0v) is 9.88. The summed E-state index contributed by atoms with van der Waals surface area (Å²) in [5.74, 6) is 0.543. The van der Waals surface area contributed by atoms with Crippen LogP contribution in [0.3, 0.4) is 0 Å². The third-order valence-corrected chi connectivity index (χ3v) is 2.54. The first-order valence-electron chi connectivity index (χ1n) is 5.44. The van der Waals surface area contributed by atoms with Gasteiger partial charge in [0.25, 0.3) is 0 Å². The maximum atomic E-state index is 10.8. The molecule has 1 atom stereocenters. The lowest BCUT2D eigenvalue weighted by atomic mass is 10.1. The van der Waals surface area contributed by atoms with Crippen molar-refractivity contribution in [1.29, 1.82) is 0 Å². The Labute approximate surface area is 99.5 Å². The Bertz CT molecular complexity index is 417. The average molecular weight is 237 g/mol. The Balaban J connectivity index is 2.90. The first-order chi connectivity index (χ1) is 8.08. The Hall–Kier alpha value is -1.91. The van der Waals surface area contributed by atoms with Gasteiger partial charge in [-0.25, -0.2) is 0 Å². The molecule has 0 N–H and O–H groups in total. The summed E-state index contributed by atoms with van der Waals surface area (Å²) >= 11 is 0. The van der Waals surface area contributed by atoms with Gasteiger partial charge in [-0.2, -0.15) is 0 Å². The van der Waals surface area contributed by atoms with Gasteiger partial charge in [0.2, 0.25) is 0 Å². The molecular weight excluding hydrogens is 222 g/mol. The molecule has 5 heteroatoms. The molecule has 1 rings (SSSR count). The predicted octanol–water partition coefficient (Wildman–Crippen LogP) is 2.83. The SMILES string of the molecule is CCC(C)COc1ccc(C=O)cc1[N+](=O)[O-].